The Morgan fingerprint density at radius 1 is 1.31 bits per heavy atom. The van der Waals surface area contributed by atoms with Crippen LogP contribution in [-0.4, -0.2) is 54.7 Å². The maximum Gasteiger partial charge on any atom is 0.266 e. The number of benzene rings is 1. The summed E-state index contributed by atoms with van der Waals surface area (Å²) < 4.78 is 3.24. The molecule has 1 saturated heterocycles. The van der Waals surface area contributed by atoms with Crippen LogP contribution in [0.1, 0.15) is 5.56 Å². The molecule has 0 bridgehead atoms. The van der Waals surface area contributed by atoms with Crippen molar-refractivity contribution in [2.24, 2.45) is 7.05 Å². The van der Waals surface area contributed by atoms with Crippen molar-refractivity contribution in [1.29, 1.82) is 0 Å². The minimum absolute atomic E-state index is 0.114. The van der Waals surface area contributed by atoms with Gasteiger partial charge in [0.15, 0.2) is 5.65 Å². The number of thioether (sulfide) groups is 1. The molecule has 3 heterocycles. The topological polar surface area (TPSA) is 85.0 Å². The summed E-state index contributed by atoms with van der Waals surface area (Å²) in [7, 11) is 1.71. The smallest absolute Gasteiger partial charge is 0.266 e. The van der Waals surface area contributed by atoms with E-state index in [1.165, 1.54) is 15.6 Å². The molecule has 0 saturated carbocycles. The van der Waals surface area contributed by atoms with Crippen molar-refractivity contribution in [3.63, 3.8) is 0 Å². The zero-order chi connectivity index (χ0) is 20.4. The van der Waals surface area contributed by atoms with Crippen LogP contribution in [0.4, 0.5) is 5.69 Å². The number of aryl methyl sites for hydroxylation is 1. The third kappa shape index (κ3) is 4.54. The van der Waals surface area contributed by atoms with Gasteiger partial charge < -0.3 is 5.32 Å². The molecule has 1 N–H and O–H groups in total. The molecule has 2 aromatic heterocycles. The fourth-order valence-electron chi connectivity index (χ4n) is 3.37. The van der Waals surface area contributed by atoms with Gasteiger partial charge in [0, 0.05) is 43.9 Å². The quantitative estimate of drug-likeness (QED) is 0.606. The van der Waals surface area contributed by atoms with Crippen LogP contribution in [0.2, 0.25) is 0 Å². The molecule has 1 aliphatic heterocycles. The SMILES string of the molecule is Cn1nc(Br)c2c(=O)n(CC(=O)Nc3cccc(CN4CCSCC4)c3)cnc21. The maximum absolute atomic E-state index is 12.7. The van der Waals surface area contributed by atoms with E-state index in [1.807, 2.05) is 30.0 Å². The summed E-state index contributed by atoms with van der Waals surface area (Å²) in [6.07, 6.45) is 1.38. The van der Waals surface area contributed by atoms with E-state index >= 15 is 0 Å². The van der Waals surface area contributed by atoms with Crippen molar-refractivity contribution in [1.82, 2.24) is 24.2 Å². The average molecular weight is 477 g/mol. The van der Waals surface area contributed by atoms with E-state index in [2.05, 4.69) is 42.3 Å². The van der Waals surface area contributed by atoms with Crippen LogP contribution in [0, 0.1) is 0 Å². The van der Waals surface area contributed by atoms with Crippen molar-refractivity contribution in [3.05, 3.63) is 51.1 Å². The molecule has 1 aliphatic rings. The molecular weight excluding hydrogens is 456 g/mol. The second-order valence-electron chi connectivity index (χ2n) is 6.93. The Balaban J connectivity index is 1.45. The van der Waals surface area contributed by atoms with E-state index in [-0.39, 0.29) is 18.0 Å². The second-order valence-corrected chi connectivity index (χ2v) is 8.90. The molecule has 4 rings (SSSR count). The predicted molar refractivity (Wildman–Crippen MR) is 118 cm³/mol. The molecule has 1 amide bonds. The normalized spacial score (nSPS) is 15.0. The number of carbonyl (C=O) groups is 1. The van der Waals surface area contributed by atoms with Gasteiger partial charge in [-0.05, 0) is 33.6 Å². The summed E-state index contributed by atoms with van der Waals surface area (Å²) in [6.45, 7) is 2.93. The lowest BCUT2D eigenvalue weighted by Gasteiger charge is -2.26. The minimum atomic E-state index is -0.304. The Labute approximate surface area is 180 Å². The monoisotopic (exact) mass is 476 g/mol. The highest BCUT2D eigenvalue weighted by Crippen LogP contribution is 2.18. The number of amides is 1. The number of halogens is 1. The Bertz CT molecular complexity index is 1110. The summed E-state index contributed by atoms with van der Waals surface area (Å²) in [6, 6.07) is 7.85. The van der Waals surface area contributed by atoms with Crippen LogP contribution in [0.25, 0.3) is 11.0 Å². The van der Waals surface area contributed by atoms with Crippen molar-refractivity contribution >= 4 is 50.3 Å². The number of nitrogens with one attached hydrogen (secondary N) is 1. The van der Waals surface area contributed by atoms with E-state index in [1.54, 1.807) is 7.05 Å². The van der Waals surface area contributed by atoms with Crippen molar-refractivity contribution in [3.8, 4) is 0 Å². The van der Waals surface area contributed by atoms with E-state index in [0.29, 0.717) is 15.6 Å². The lowest BCUT2D eigenvalue weighted by molar-refractivity contribution is -0.116. The van der Waals surface area contributed by atoms with Gasteiger partial charge in [0.05, 0.1) is 0 Å². The Kier molecular flexibility index (Phi) is 6.02. The van der Waals surface area contributed by atoms with Gasteiger partial charge >= 0.3 is 0 Å². The highest BCUT2D eigenvalue weighted by atomic mass is 79.9. The van der Waals surface area contributed by atoms with Gasteiger partial charge in [0.25, 0.3) is 5.56 Å². The van der Waals surface area contributed by atoms with Crippen molar-refractivity contribution < 1.29 is 4.79 Å². The van der Waals surface area contributed by atoms with Gasteiger partial charge in [-0.25, -0.2) is 9.67 Å². The number of nitrogens with zero attached hydrogens (tertiary/aromatic N) is 5. The first-order valence-corrected chi connectivity index (χ1v) is 11.2. The lowest BCUT2D eigenvalue weighted by Crippen LogP contribution is -2.32. The predicted octanol–water partition coefficient (Wildman–Crippen LogP) is 2.08. The van der Waals surface area contributed by atoms with Crippen LogP contribution in [-0.2, 0) is 24.9 Å². The van der Waals surface area contributed by atoms with Crippen LogP contribution in [0.5, 0.6) is 0 Å². The molecule has 152 valence electrons. The summed E-state index contributed by atoms with van der Waals surface area (Å²) in [4.78, 5) is 31.9. The third-order valence-corrected chi connectivity index (χ3v) is 6.30. The number of rotatable bonds is 5. The largest absolute Gasteiger partial charge is 0.325 e. The molecular formula is C19H21BrN6O2S. The van der Waals surface area contributed by atoms with Gasteiger partial charge in [-0.1, -0.05) is 12.1 Å². The molecule has 10 heteroatoms. The fraction of sp³-hybridized carbons (Fsp3) is 0.368. The number of carbonyl (C=O) groups excluding carboxylic acids is 1. The van der Waals surface area contributed by atoms with Gasteiger partial charge in [-0.2, -0.15) is 16.9 Å². The van der Waals surface area contributed by atoms with Crippen LogP contribution < -0.4 is 10.9 Å². The molecule has 8 nitrogen and oxygen atoms in total. The number of aromatic nitrogens is 4. The average Bonchev–Trinajstić information content (AvgIpc) is 2.99. The molecule has 0 aliphatic carbocycles. The summed E-state index contributed by atoms with van der Waals surface area (Å²) in [5.74, 6) is 2.05. The molecule has 3 aromatic rings. The number of hydrogen-bond acceptors (Lipinski definition) is 6. The number of fused-ring (bicyclic) bond motifs is 1. The Morgan fingerprint density at radius 3 is 2.90 bits per heavy atom. The van der Waals surface area contributed by atoms with E-state index in [9.17, 15) is 9.59 Å². The van der Waals surface area contributed by atoms with Gasteiger partial charge in [0.2, 0.25) is 5.91 Å². The minimum Gasteiger partial charge on any atom is -0.325 e. The van der Waals surface area contributed by atoms with Gasteiger partial charge in [0.1, 0.15) is 22.9 Å². The first kappa shape index (κ1) is 20.1. The van der Waals surface area contributed by atoms with E-state index in [4.69, 9.17) is 0 Å². The fourth-order valence-corrected chi connectivity index (χ4v) is 4.93. The van der Waals surface area contributed by atoms with Gasteiger partial charge in [-0.3, -0.25) is 19.1 Å². The first-order valence-electron chi connectivity index (χ1n) is 9.28. The van der Waals surface area contributed by atoms with Crippen molar-refractivity contribution in [2.75, 3.05) is 29.9 Å². The van der Waals surface area contributed by atoms with Gasteiger partial charge in [-0.15, -0.1) is 0 Å². The highest BCUT2D eigenvalue weighted by molar-refractivity contribution is 9.10. The molecule has 1 fully saturated rings. The standard InChI is InChI=1S/C19H21BrN6O2S/c1-24-18-16(17(20)23-24)19(28)26(12-21-18)11-15(27)22-14-4-2-3-13(9-14)10-25-5-7-29-8-6-25/h2-4,9,12H,5-8,10-11H2,1H3,(H,22,27). The molecule has 0 radical (unpaired) electrons. The van der Waals surface area contributed by atoms with Crippen LogP contribution in [0.3, 0.4) is 0 Å². The zero-order valence-electron chi connectivity index (χ0n) is 16.0. The van der Waals surface area contributed by atoms with E-state index in [0.717, 1.165) is 42.4 Å². The van der Waals surface area contributed by atoms with Crippen LogP contribution in [0.15, 0.2) is 40.0 Å². The lowest BCUT2D eigenvalue weighted by atomic mass is 10.2. The highest BCUT2D eigenvalue weighted by Gasteiger charge is 2.15. The summed E-state index contributed by atoms with van der Waals surface area (Å²) in [5, 5.41) is 7.40. The second kappa shape index (κ2) is 8.68. The molecule has 0 spiro atoms. The molecule has 29 heavy (non-hydrogen) atoms. The first-order chi connectivity index (χ1) is 14.0. The number of hydrogen-bond donors (Lipinski definition) is 1. The zero-order valence-corrected chi connectivity index (χ0v) is 18.4. The number of anilines is 1. The third-order valence-electron chi connectivity index (χ3n) is 4.80. The summed E-state index contributed by atoms with van der Waals surface area (Å²) in [5.41, 5.74) is 2.06. The maximum atomic E-state index is 12.7. The van der Waals surface area contributed by atoms with E-state index < -0.39 is 0 Å². The molecule has 0 atom stereocenters. The molecule has 0 unspecified atom stereocenters. The Morgan fingerprint density at radius 2 is 2.10 bits per heavy atom. The Hall–Kier alpha value is -2.17. The van der Waals surface area contributed by atoms with Crippen molar-refractivity contribution in [2.45, 2.75) is 13.1 Å². The summed E-state index contributed by atoms with van der Waals surface area (Å²) >= 11 is 5.27. The molecule has 1 aromatic carbocycles. The van der Waals surface area contributed by atoms with Crippen LogP contribution >= 0.6 is 27.7 Å².